The lowest BCUT2D eigenvalue weighted by Crippen LogP contribution is -2.39. The van der Waals surface area contributed by atoms with Gasteiger partial charge in [0.15, 0.2) is 0 Å². The number of amides is 1. The van der Waals surface area contributed by atoms with Gasteiger partial charge >= 0.3 is 6.09 Å². The molecule has 0 bridgehead atoms. The van der Waals surface area contributed by atoms with Crippen LogP contribution in [0.2, 0.25) is 0 Å². The highest BCUT2D eigenvalue weighted by molar-refractivity contribution is 5.78. The number of benzene rings is 1. The predicted molar refractivity (Wildman–Crippen MR) is 94.7 cm³/mol. The van der Waals surface area contributed by atoms with E-state index in [9.17, 15) is 4.79 Å². The van der Waals surface area contributed by atoms with Crippen LogP contribution in [0.15, 0.2) is 18.2 Å². The standard InChI is InChI=1S/C19H27NO4/c1-13-10-17(23-6)15(11-16(13)22-5)14-8-7-9-20(12-14)18(21)24-19(2,3)4/h8,10-11H,7,9,12H2,1-6H3. The van der Waals surface area contributed by atoms with Crippen LogP contribution in [-0.2, 0) is 4.74 Å². The van der Waals surface area contributed by atoms with Crippen molar-refractivity contribution in [1.29, 1.82) is 0 Å². The third-order valence-corrected chi connectivity index (χ3v) is 3.87. The molecule has 0 saturated heterocycles. The maximum absolute atomic E-state index is 12.3. The third kappa shape index (κ3) is 4.22. The molecule has 1 aromatic carbocycles. The largest absolute Gasteiger partial charge is 0.496 e. The van der Waals surface area contributed by atoms with E-state index < -0.39 is 5.60 Å². The highest BCUT2D eigenvalue weighted by Crippen LogP contribution is 2.35. The molecule has 0 N–H and O–H groups in total. The normalized spacial score (nSPS) is 14.9. The smallest absolute Gasteiger partial charge is 0.410 e. The molecule has 1 aliphatic rings. The van der Waals surface area contributed by atoms with Gasteiger partial charge in [-0.25, -0.2) is 4.79 Å². The Morgan fingerprint density at radius 3 is 2.38 bits per heavy atom. The molecule has 132 valence electrons. The summed E-state index contributed by atoms with van der Waals surface area (Å²) in [7, 11) is 3.31. The zero-order valence-corrected chi connectivity index (χ0v) is 15.4. The van der Waals surface area contributed by atoms with Crippen molar-refractivity contribution in [1.82, 2.24) is 4.90 Å². The Kier molecular flexibility index (Phi) is 5.42. The molecule has 1 aromatic rings. The van der Waals surface area contributed by atoms with Crippen molar-refractivity contribution in [3.63, 3.8) is 0 Å². The van der Waals surface area contributed by atoms with Crippen molar-refractivity contribution >= 4 is 11.7 Å². The second-order valence-corrected chi connectivity index (χ2v) is 6.94. The van der Waals surface area contributed by atoms with Crippen molar-refractivity contribution in [2.75, 3.05) is 27.3 Å². The van der Waals surface area contributed by atoms with Gasteiger partial charge in [-0.2, -0.15) is 0 Å². The van der Waals surface area contributed by atoms with E-state index in [2.05, 4.69) is 6.08 Å². The average Bonchev–Trinajstić information content (AvgIpc) is 2.53. The summed E-state index contributed by atoms with van der Waals surface area (Å²) in [4.78, 5) is 14.1. The van der Waals surface area contributed by atoms with Gasteiger partial charge in [0.25, 0.3) is 0 Å². The summed E-state index contributed by atoms with van der Waals surface area (Å²) < 4.78 is 16.4. The fraction of sp³-hybridized carbons (Fsp3) is 0.526. The molecule has 0 atom stereocenters. The Morgan fingerprint density at radius 1 is 1.12 bits per heavy atom. The Morgan fingerprint density at radius 2 is 1.79 bits per heavy atom. The fourth-order valence-corrected chi connectivity index (χ4v) is 2.72. The number of ether oxygens (including phenoxy) is 3. The highest BCUT2D eigenvalue weighted by atomic mass is 16.6. The van der Waals surface area contributed by atoms with Crippen molar-refractivity contribution in [2.45, 2.75) is 39.7 Å². The number of hydrogen-bond donors (Lipinski definition) is 0. The minimum atomic E-state index is -0.497. The fourth-order valence-electron chi connectivity index (χ4n) is 2.72. The van der Waals surface area contributed by atoms with Crippen molar-refractivity contribution < 1.29 is 19.0 Å². The number of carbonyl (C=O) groups is 1. The zero-order valence-electron chi connectivity index (χ0n) is 15.4. The molecule has 0 aliphatic carbocycles. The van der Waals surface area contributed by atoms with Crippen LogP contribution in [-0.4, -0.2) is 43.9 Å². The average molecular weight is 333 g/mol. The molecule has 0 unspecified atom stereocenters. The number of carbonyl (C=O) groups excluding carboxylic acids is 1. The number of aryl methyl sites for hydroxylation is 1. The van der Waals surface area contributed by atoms with Crippen molar-refractivity contribution in [2.24, 2.45) is 0 Å². The van der Waals surface area contributed by atoms with Gasteiger partial charge in [0.1, 0.15) is 17.1 Å². The van der Waals surface area contributed by atoms with Gasteiger partial charge in [0, 0.05) is 18.7 Å². The lowest BCUT2D eigenvalue weighted by Gasteiger charge is -2.30. The van der Waals surface area contributed by atoms with Crippen LogP contribution in [0.3, 0.4) is 0 Å². The lowest BCUT2D eigenvalue weighted by atomic mass is 9.98. The first-order chi connectivity index (χ1) is 11.2. The van der Waals surface area contributed by atoms with E-state index in [1.54, 1.807) is 19.1 Å². The number of hydrogen-bond acceptors (Lipinski definition) is 4. The molecule has 1 amide bonds. The van der Waals surface area contributed by atoms with Crippen LogP contribution in [0.25, 0.3) is 5.57 Å². The Bertz CT molecular complexity index is 644. The van der Waals surface area contributed by atoms with Gasteiger partial charge in [-0.15, -0.1) is 0 Å². The maximum Gasteiger partial charge on any atom is 0.410 e. The molecule has 1 aliphatic heterocycles. The second kappa shape index (κ2) is 7.16. The lowest BCUT2D eigenvalue weighted by molar-refractivity contribution is 0.0273. The summed E-state index contributed by atoms with van der Waals surface area (Å²) in [6.07, 6.45) is 2.65. The SMILES string of the molecule is COc1cc(C2=CCCN(C(=O)OC(C)(C)C)C2)c(OC)cc1C. The molecule has 5 heteroatoms. The Labute approximate surface area is 144 Å². The molecule has 0 radical (unpaired) electrons. The molecule has 0 spiro atoms. The zero-order chi connectivity index (χ0) is 17.9. The topological polar surface area (TPSA) is 48.0 Å². The number of nitrogens with zero attached hydrogens (tertiary/aromatic N) is 1. The van der Waals surface area contributed by atoms with Gasteiger partial charge in [0.2, 0.25) is 0 Å². The molecule has 0 saturated carbocycles. The van der Waals surface area contributed by atoms with Crippen molar-refractivity contribution in [3.8, 4) is 11.5 Å². The van der Waals surface area contributed by atoms with Gasteiger partial charge in [-0.3, -0.25) is 0 Å². The van der Waals surface area contributed by atoms with Crippen LogP contribution >= 0.6 is 0 Å². The Balaban J connectivity index is 2.27. The minimum absolute atomic E-state index is 0.286. The highest BCUT2D eigenvalue weighted by Gasteiger charge is 2.26. The van der Waals surface area contributed by atoms with E-state index in [1.807, 2.05) is 39.8 Å². The van der Waals surface area contributed by atoms with E-state index in [0.29, 0.717) is 13.1 Å². The van der Waals surface area contributed by atoms with Crippen LogP contribution in [0.4, 0.5) is 4.79 Å². The summed E-state index contributed by atoms with van der Waals surface area (Å²) in [5, 5.41) is 0. The first-order valence-corrected chi connectivity index (χ1v) is 8.15. The van der Waals surface area contributed by atoms with Crippen LogP contribution in [0.1, 0.15) is 38.3 Å². The molecular weight excluding hydrogens is 306 g/mol. The van der Waals surface area contributed by atoms with Gasteiger partial charge in [0.05, 0.1) is 14.2 Å². The van der Waals surface area contributed by atoms with E-state index >= 15 is 0 Å². The quantitative estimate of drug-likeness (QED) is 0.838. The van der Waals surface area contributed by atoms with Crippen LogP contribution in [0.5, 0.6) is 11.5 Å². The molecular formula is C19H27NO4. The predicted octanol–water partition coefficient (Wildman–Crippen LogP) is 4.04. The minimum Gasteiger partial charge on any atom is -0.496 e. The first kappa shape index (κ1) is 18.2. The van der Waals surface area contributed by atoms with Crippen LogP contribution in [0, 0.1) is 6.92 Å². The maximum atomic E-state index is 12.3. The second-order valence-electron chi connectivity index (χ2n) is 6.94. The molecule has 0 aromatic heterocycles. The number of rotatable bonds is 3. The molecule has 5 nitrogen and oxygen atoms in total. The van der Waals surface area contributed by atoms with Gasteiger partial charge in [-0.05, 0) is 57.4 Å². The molecule has 0 fully saturated rings. The molecule has 24 heavy (non-hydrogen) atoms. The van der Waals surface area contributed by atoms with E-state index in [0.717, 1.165) is 34.6 Å². The Hall–Kier alpha value is -2.17. The van der Waals surface area contributed by atoms with E-state index in [1.165, 1.54) is 0 Å². The summed E-state index contributed by atoms with van der Waals surface area (Å²) in [5.74, 6) is 1.59. The molecule has 1 heterocycles. The summed E-state index contributed by atoms with van der Waals surface area (Å²) in [6.45, 7) is 8.76. The summed E-state index contributed by atoms with van der Waals surface area (Å²) >= 11 is 0. The summed E-state index contributed by atoms with van der Waals surface area (Å²) in [6, 6.07) is 3.93. The monoisotopic (exact) mass is 333 g/mol. The van der Waals surface area contributed by atoms with E-state index in [-0.39, 0.29) is 6.09 Å². The first-order valence-electron chi connectivity index (χ1n) is 8.15. The van der Waals surface area contributed by atoms with Gasteiger partial charge in [-0.1, -0.05) is 6.08 Å². The van der Waals surface area contributed by atoms with Crippen molar-refractivity contribution in [3.05, 3.63) is 29.3 Å². The number of methoxy groups -OCH3 is 2. The summed E-state index contributed by atoms with van der Waals surface area (Å²) in [5.41, 5.74) is 2.51. The molecule has 2 rings (SSSR count). The van der Waals surface area contributed by atoms with E-state index in [4.69, 9.17) is 14.2 Å². The third-order valence-electron chi connectivity index (χ3n) is 3.87. The van der Waals surface area contributed by atoms with Gasteiger partial charge < -0.3 is 19.1 Å². The van der Waals surface area contributed by atoms with Crippen LogP contribution < -0.4 is 9.47 Å².